The molecule has 0 atom stereocenters. The van der Waals surface area contributed by atoms with Gasteiger partial charge in [0.1, 0.15) is 5.75 Å². The number of methoxy groups -OCH3 is 1. The van der Waals surface area contributed by atoms with Crippen LogP contribution in [-0.4, -0.2) is 24.1 Å². The third-order valence-corrected chi connectivity index (χ3v) is 5.43. The van der Waals surface area contributed by atoms with Crippen molar-refractivity contribution in [3.05, 3.63) is 51.9 Å². The molecule has 5 nitrogen and oxygen atoms in total. The lowest BCUT2D eigenvalue weighted by molar-refractivity contribution is -0.120. The number of carbonyl (C=O) groups is 1. The van der Waals surface area contributed by atoms with Crippen LogP contribution in [0, 0.1) is 5.92 Å². The summed E-state index contributed by atoms with van der Waals surface area (Å²) in [4.78, 5) is 24.2. The van der Waals surface area contributed by atoms with Crippen LogP contribution in [-0.2, 0) is 24.7 Å². The molecule has 3 rings (SSSR count). The van der Waals surface area contributed by atoms with Gasteiger partial charge in [0.15, 0.2) is 0 Å². The lowest BCUT2D eigenvalue weighted by atomic mass is 9.92. The van der Waals surface area contributed by atoms with E-state index in [2.05, 4.69) is 17.4 Å². The SMILES string of the molecule is CCNC(=O)CCc1cc(=O)n(C)cc1-c1ccc(OC)cc1CCC1CC1. The maximum Gasteiger partial charge on any atom is 0.250 e. The van der Waals surface area contributed by atoms with Crippen LogP contribution in [0.15, 0.2) is 35.3 Å². The van der Waals surface area contributed by atoms with Crippen molar-refractivity contribution in [2.24, 2.45) is 13.0 Å². The zero-order chi connectivity index (χ0) is 20.1. The Bertz CT molecular complexity index is 897. The Kier molecular flexibility index (Phi) is 6.55. The summed E-state index contributed by atoms with van der Waals surface area (Å²) in [5.74, 6) is 1.71. The van der Waals surface area contributed by atoms with Crippen LogP contribution in [0.4, 0.5) is 0 Å². The van der Waals surface area contributed by atoms with Gasteiger partial charge in [-0.15, -0.1) is 0 Å². The van der Waals surface area contributed by atoms with Crippen molar-refractivity contribution in [1.29, 1.82) is 0 Å². The monoisotopic (exact) mass is 382 g/mol. The first kappa shape index (κ1) is 20.2. The summed E-state index contributed by atoms with van der Waals surface area (Å²) < 4.78 is 7.05. The van der Waals surface area contributed by atoms with E-state index in [1.54, 1.807) is 24.8 Å². The second-order valence-electron chi connectivity index (χ2n) is 7.62. The van der Waals surface area contributed by atoms with E-state index < -0.39 is 0 Å². The molecule has 0 unspecified atom stereocenters. The fraction of sp³-hybridized carbons (Fsp3) is 0.478. The third-order valence-electron chi connectivity index (χ3n) is 5.43. The van der Waals surface area contributed by atoms with E-state index in [0.717, 1.165) is 34.8 Å². The molecule has 0 aliphatic heterocycles. The zero-order valence-corrected chi connectivity index (χ0v) is 17.1. The highest BCUT2D eigenvalue weighted by molar-refractivity contribution is 5.77. The molecule has 0 spiro atoms. The average molecular weight is 383 g/mol. The van der Waals surface area contributed by atoms with Crippen molar-refractivity contribution in [3.8, 4) is 16.9 Å². The van der Waals surface area contributed by atoms with Gasteiger partial charge in [-0.1, -0.05) is 18.9 Å². The van der Waals surface area contributed by atoms with Crippen molar-refractivity contribution in [2.45, 2.75) is 45.4 Å². The summed E-state index contributed by atoms with van der Waals surface area (Å²) >= 11 is 0. The number of aromatic nitrogens is 1. The molecule has 28 heavy (non-hydrogen) atoms. The second kappa shape index (κ2) is 9.09. The van der Waals surface area contributed by atoms with Gasteiger partial charge in [0, 0.05) is 37.8 Å². The molecule has 150 valence electrons. The van der Waals surface area contributed by atoms with Crippen LogP contribution in [0.3, 0.4) is 0 Å². The number of hydrogen-bond acceptors (Lipinski definition) is 3. The number of nitrogens with zero attached hydrogens (tertiary/aromatic N) is 1. The van der Waals surface area contributed by atoms with Gasteiger partial charge >= 0.3 is 0 Å². The highest BCUT2D eigenvalue weighted by Gasteiger charge is 2.22. The van der Waals surface area contributed by atoms with E-state index >= 15 is 0 Å². The van der Waals surface area contributed by atoms with E-state index in [9.17, 15) is 9.59 Å². The molecule has 1 fully saturated rings. The predicted octanol–water partition coefficient (Wildman–Crippen LogP) is 3.47. The number of carbonyl (C=O) groups excluding carboxylic acids is 1. The van der Waals surface area contributed by atoms with Crippen LogP contribution in [0.25, 0.3) is 11.1 Å². The molecule has 5 heteroatoms. The minimum atomic E-state index is -0.0531. The van der Waals surface area contributed by atoms with Crippen LogP contribution in [0.1, 0.15) is 43.7 Å². The molecule has 1 N–H and O–H groups in total. The number of amides is 1. The van der Waals surface area contributed by atoms with Crippen molar-refractivity contribution in [2.75, 3.05) is 13.7 Å². The third kappa shape index (κ3) is 5.03. The van der Waals surface area contributed by atoms with Crippen molar-refractivity contribution in [1.82, 2.24) is 9.88 Å². The first-order valence-corrected chi connectivity index (χ1v) is 10.1. The van der Waals surface area contributed by atoms with Crippen LogP contribution < -0.4 is 15.6 Å². The Hall–Kier alpha value is -2.56. The van der Waals surface area contributed by atoms with E-state index in [0.29, 0.717) is 19.4 Å². The largest absolute Gasteiger partial charge is 0.497 e. The maximum atomic E-state index is 12.2. The summed E-state index contributed by atoms with van der Waals surface area (Å²) in [5, 5.41) is 2.83. The number of hydrogen-bond donors (Lipinski definition) is 1. The average Bonchev–Trinajstić information content (AvgIpc) is 3.51. The van der Waals surface area contributed by atoms with E-state index in [1.807, 2.05) is 19.2 Å². The molecule has 0 radical (unpaired) electrons. The van der Waals surface area contributed by atoms with Crippen LogP contribution in [0.5, 0.6) is 5.75 Å². The lowest BCUT2D eigenvalue weighted by Crippen LogP contribution is -2.23. The van der Waals surface area contributed by atoms with E-state index in [4.69, 9.17) is 4.74 Å². The molecule has 0 bridgehead atoms. The molecule has 1 aromatic heterocycles. The summed E-state index contributed by atoms with van der Waals surface area (Å²) in [6.07, 6.45) is 7.66. The fourth-order valence-corrected chi connectivity index (χ4v) is 3.58. The highest BCUT2D eigenvalue weighted by atomic mass is 16.5. The van der Waals surface area contributed by atoms with Gasteiger partial charge in [0.2, 0.25) is 5.91 Å². The molecule has 1 saturated carbocycles. The van der Waals surface area contributed by atoms with Gasteiger partial charge in [-0.05, 0) is 60.9 Å². The standard InChI is InChI=1S/C23H30N2O3/c1-4-24-22(26)12-9-18-14-23(27)25(2)15-21(18)20-11-10-19(28-3)13-17(20)8-7-16-5-6-16/h10-11,13-16H,4-9,12H2,1-3H3,(H,24,26). The predicted molar refractivity (Wildman–Crippen MR) is 112 cm³/mol. The normalized spacial score (nSPS) is 13.4. The fourth-order valence-electron chi connectivity index (χ4n) is 3.58. The lowest BCUT2D eigenvalue weighted by Gasteiger charge is -2.16. The van der Waals surface area contributed by atoms with Gasteiger partial charge in [0.25, 0.3) is 5.56 Å². The number of aryl methyl sites for hydroxylation is 3. The molecule has 1 aliphatic rings. The molecule has 0 saturated heterocycles. The minimum Gasteiger partial charge on any atom is -0.497 e. The summed E-state index contributed by atoms with van der Waals surface area (Å²) in [6, 6.07) is 7.82. The summed E-state index contributed by atoms with van der Waals surface area (Å²) in [6.45, 7) is 2.52. The molecule has 1 amide bonds. The second-order valence-corrected chi connectivity index (χ2v) is 7.62. The maximum absolute atomic E-state index is 12.2. The Labute approximate surface area is 166 Å². The van der Waals surface area contributed by atoms with Crippen LogP contribution in [0.2, 0.25) is 0 Å². The number of pyridine rings is 1. The number of benzene rings is 1. The number of rotatable bonds is 9. The first-order chi connectivity index (χ1) is 13.5. The summed E-state index contributed by atoms with van der Waals surface area (Å²) in [7, 11) is 3.45. The van der Waals surface area contributed by atoms with Crippen molar-refractivity contribution in [3.63, 3.8) is 0 Å². The number of nitrogens with one attached hydrogen (secondary N) is 1. The van der Waals surface area contributed by atoms with Gasteiger partial charge < -0.3 is 14.6 Å². The zero-order valence-electron chi connectivity index (χ0n) is 17.1. The quantitative estimate of drug-likeness (QED) is 0.722. The van der Waals surface area contributed by atoms with Gasteiger partial charge in [-0.3, -0.25) is 9.59 Å². The minimum absolute atomic E-state index is 0.0119. The van der Waals surface area contributed by atoms with Crippen molar-refractivity contribution < 1.29 is 9.53 Å². The van der Waals surface area contributed by atoms with Gasteiger partial charge in [-0.2, -0.15) is 0 Å². The Balaban J connectivity index is 1.97. The molecular weight excluding hydrogens is 352 g/mol. The summed E-state index contributed by atoms with van der Waals surface area (Å²) in [5.41, 5.74) is 4.27. The van der Waals surface area contributed by atoms with Crippen LogP contribution >= 0.6 is 0 Å². The topological polar surface area (TPSA) is 60.3 Å². The molecule has 1 heterocycles. The first-order valence-electron chi connectivity index (χ1n) is 10.1. The van der Waals surface area contributed by atoms with Gasteiger partial charge in [0.05, 0.1) is 7.11 Å². The molecule has 1 aliphatic carbocycles. The van der Waals surface area contributed by atoms with Crippen molar-refractivity contribution >= 4 is 5.91 Å². The highest BCUT2D eigenvalue weighted by Crippen LogP contribution is 2.36. The molecular formula is C23H30N2O3. The van der Waals surface area contributed by atoms with Gasteiger partial charge in [-0.25, -0.2) is 0 Å². The smallest absolute Gasteiger partial charge is 0.250 e. The number of ether oxygens (including phenoxy) is 1. The Morgan fingerprint density at radius 2 is 1.93 bits per heavy atom. The van der Waals surface area contributed by atoms with E-state index in [-0.39, 0.29) is 11.5 Å². The van der Waals surface area contributed by atoms with E-state index in [1.165, 1.54) is 24.8 Å². The Morgan fingerprint density at radius 3 is 2.61 bits per heavy atom. The molecule has 2 aromatic rings. The molecule has 1 aromatic carbocycles. The Morgan fingerprint density at radius 1 is 1.18 bits per heavy atom.